The Balaban J connectivity index is -0.000000674. The highest BCUT2D eigenvalue weighted by Gasteiger charge is 2.09. The van der Waals surface area contributed by atoms with Crippen LogP contribution in [0.1, 0.15) is 82.6 Å². The van der Waals surface area contributed by atoms with E-state index in [-0.39, 0.29) is 1.43 Å². The van der Waals surface area contributed by atoms with Crippen molar-refractivity contribution in [3.63, 3.8) is 0 Å². The monoisotopic (exact) mass is 387 g/mol. The molecule has 1 unspecified atom stereocenters. The van der Waals surface area contributed by atoms with Crippen LogP contribution < -0.4 is 5.32 Å². The smallest absolute Gasteiger partial charge is 0.0890 e. The van der Waals surface area contributed by atoms with E-state index in [0.717, 1.165) is 24.0 Å². The molecule has 0 saturated carbocycles. The Morgan fingerprint density at radius 3 is 2.07 bits per heavy atom. The number of benzene rings is 1. The molecule has 160 valence electrons. The van der Waals surface area contributed by atoms with Crippen LogP contribution >= 0.6 is 0 Å². The van der Waals surface area contributed by atoms with E-state index < -0.39 is 0 Å². The average molecular weight is 388 g/mol. The van der Waals surface area contributed by atoms with E-state index in [2.05, 4.69) is 53.4 Å². The minimum absolute atomic E-state index is 0. The second-order valence-electron chi connectivity index (χ2n) is 5.41. The standard InChI is InChI=1S/C17H19N3.4C2H6.H2/c1-12-3-5-15(13(2)9-12)20-11-14-4-6-16-17(10-14)19-8-7-18-16;4*1-2;/h4-10,12,20H,3,11H2,1-2H3;4*1-2H3;1H. The van der Waals surface area contributed by atoms with Crippen LogP contribution in [-0.2, 0) is 6.54 Å². The van der Waals surface area contributed by atoms with Crippen molar-refractivity contribution in [2.45, 2.75) is 82.2 Å². The maximum absolute atomic E-state index is 4.35. The summed E-state index contributed by atoms with van der Waals surface area (Å²) in [4.78, 5) is 8.63. The van der Waals surface area contributed by atoms with Crippen LogP contribution in [0.4, 0.5) is 0 Å². The molecule has 0 fully saturated rings. The topological polar surface area (TPSA) is 37.8 Å². The largest absolute Gasteiger partial charge is 0.381 e. The van der Waals surface area contributed by atoms with Crippen molar-refractivity contribution in [2.75, 3.05) is 0 Å². The minimum atomic E-state index is 0. The number of hydrogen-bond donors (Lipinski definition) is 1. The van der Waals surface area contributed by atoms with Crippen LogP contribution in [0.5, 0.6) is 0 Å². The molecule has 2 aromatic rings. The third-order valence-corrected chi connectivity index (χ3v) is 3.67. The number of hydrogen-bond acceptors (Lipinski definition) is 3. The van der Waals surface area contributed by atoms with E-state index >= 15 is 0 Å². The molecule has 1 aromatic heterocycles. The van der Waals surface area contributed by atoms with Gasteiger partial charge >= 0.3 is 0 Å². The van der Waals surface area contributed by atoms with Gasteiger partial charge in [-0.1, -0.05) is 80.5 Å². The third-order valence-electron chi connectivity index (χ3n) is 3.67. The second kappa shape index (κ2) is 18.2. The molecule has 1 aliphatic carbocycles. The lowest BCUT2D eigenvalue weighted by molar-refractivity contribution is 0.696. The Hall–Kier alpha value is -2.16. The van der Waals surface area contributed by atoms with E-state index in [0.29, 0.717) is 5.92 Å². The zero-order valence-corrected chi connectivity index (χ0v) is 19.9. The van der Waals surface area contributed by atoms with Gasteiger partial charge < -0.3 is 5.32 Å². The number of rotatable bonds is 3. The highest BCUT2D eigenvalue weighted by atomic mass is 14.9. The zero-order valence-electron chi connectivity index (χ0n) is 19.9. The Bertz CT molecular complexity index is 693. The predicted molar refractivity (Wildman–Crippen MR) is 130 cm³/mol. The SMILES string of the molecule is CC.CC.CC.CC.CC1=CC(C)CC=C1NCc1ccc2nccnc2c1.[HH]. The number of nitrogens with one attached hydrogen (secondary N) is 1. The first-order valence-corrected chi connectivity index (χ1v) is 11.0. The molecular weight excluding hydrogens is 342 g/mol. The average Bonchev–Trinajstić information content (AvgIpc) is 2.78. The van der Waals surface area contributed by atoms with Gasteiger partial charge in [0.1, 0.15) is 0 Å². The lowest BCUT2D eigenvalue weighted by Crippen LogP contribution is -2.16. The summed E-state index contributed by atoms with van der Waals surface area (Å²) in [5.74, 6) is 0.650. The van der Waals surface area contributed by atoms with Gasteiger partial charge in [0.2, 0.25) is 0 Å². The predicted octanol–water partition coefficient (Wildman–Crippen LogP) is 7.94. The van der Waals surface area contributed by atoms with E-state index in [1.807, 2.05) is 61.5 Å². The number of nitrogens with zero attached hydrogens (tertiary/aromatic N) is 2. The Morgan fingerprint density at radius 2 is 1.50 bits per heavy atom. The molecule has 1 heterocycles. The molecule has 0 bridgehead atoms. The van der Waals surface area contributed by atoms with Crippen LogP contribution in [0.25, 0.3) is 11.0 Å². The third kappa shape index (κ3) is 9.68. The maximum Gasteiger partial charge on any atom is 0.0890 e. The molecule has 0 spiro atoms. The first kappa shape index (κ1) is 28.1. The molecule has 1 aliphatic rings. The molecule has 28 heavy (non-hydrogen) atoms. The van der Waals surface area contributed by atoms with Crippen LogP contribution in [0.15, 0.2) is 54.0 Å². The molecule has 3 nitrogen and oxygen atoms in total. The van der Waals surface area contributed by atoms with Crippen molar-refractivity contribution in [3.05, 3.63) is 59.6 Å². The summed E-state index contributed by atoms with van der Waals surface area (Å²) < 4.78 is 0. The van der Waals surface area contributed by atoms with Gasteiger partial charge in [-0.15, -0.1) is 0 Å². The first-order chi connectivity index (χ1) is 13.7. The first-order valence-electron chi connectivity index (χ1n) is 11.0. The second-order valence-corrected chi connectivity index (χ2v) is 5.41. The molecule has 1 aromatic carbocycles. The van der Waals surface area contributed by atoms with Gasteiger partial charge in [-0.3, -0.25) is 9.97 Å². The van der Waals surface area contributed by atoms with Crippen molar-refractivity contribution in [3.8, 4) is 0 Å². The minimum Gasteiger partial charge on any atom is -0.381 e. The van der Waals surface area contributed by atoms with Crippen molar-refractivity contribution in [1.82, 2.24) is 15.3 Å². The number of aromatic nitrogens is 2. The molecule has 0 aliphatic heterocycles. The number of fused-ring (bicyclic) bond motifs is 1. The Kier molecular flexibility index (Phi) is 18.2. The summed E-state index contributed by atoms with van der Waals surface area (Å²) in [6, 6.07) is 6.23. The fourth-order valence-electron chi connectivity index (χ4n) is 2.58. The van der Waals surface area contributed by atoms with Crippen molar-refractivity contribution in [2.24, 2.45) is 5.92 Å². The normalized spacial score (nSPS) is 14.1. The van der Waals surface area contributed by atoms with E-state index in [9.17, 15) is 0 Å². The summed E-state index contributed by atoms with van der Waals surface area (Å²) >= 11 is 0. The molecule has 0 radical (unpaired) electrons. The Morgan fingerprint density at radius 1 is 0.929 bits per heavy atom. The van der Waals surface area contributed by atoms with Crippen molar-refractivity contribution >= 4 is 11.0 Å². The molecule has 0 saturated heterocycles. The molecule has 0 amide bonds. The van der Waals surface area contributed by atoms with Gasteiger partial charge in [0, 0.05) is 26.1 Å². The van der Waals surface area contributed by atoms with Gasteiger partial charge in [-0.05, 0) is 42.5 Å². The molecule has 3 heteroatoms. The van der Waals surface area contributed by atoms with Gasteiger partial charge in [-0.25, -0.2) is 0 Å². The van der Waals surface area contributed by atoms with Crippen molar-refractivity contribution in [1.29, 1.82) is 0 Å². The van der Waals surface area contributed by atoms with Gasteiger partial charge in [0.25, 0.3) is 0 Å². The van der Waals surface area contributed by atoms with E-state index in [4.69, 9.17) is 0 Å². The highest BCUT2D eigenvalue weighted by molar-refractivity contribution is 5.74. The lowest BCUT2D eigenvalue weighted by Gasteiger charge is -2.18. The molecular formula is C25H45N3. The van der Waals surface area contributed by atoms with Crippen LogP contribution in [-0.4, -0.2) is 9.97 Å². The summed E-state index contributed by atoms with van der Waals surface area (Å²) in [6.07, 6.45) is 9.19. The van der Waals surface area contributed by atoms with Crippen LogP contribution in [0.2, 0.25) is 0 Å². The summed E-state index contributed by atoms with van der Waals surface area (Å²) in [7, 11) is 0. The van der Waals surface area contributed by atoms with E-state index in [1.165, 1.54) is 16.8 Å². The zero-order chi connectivity index (χ0) is 21.9. The summed E-state index contributed by atoms with van der Waals surface area (Å²) in [6.45, 7) is 21.2. The maximum atomic E-state index is 4.35. The van der Waals surface area contributed by atoms with Gasteiger partial charge in [0.15, 0.2) is 0 Å². The fraction of sp³-hybridized carbons (Fsp3) is 0.520. The molecule has 3 rings (SSSR count). The van der Waals surface area contributed by atoms with E-state index in [1.54, 1.807) is 12.4 Å². The molecule has 1 atom stereocenters. The lowest BCUT2D eigenvalue weighted by atomic mass is 9.96. The van der Waals surface area contributed by atoms with Gasteiger partial charge in [0.05, 0.1) is 11.0 Å². The van der Waals surface area contributed by atoms with Crippen molar-refractivity contribution < 1.29 is 1.43 Å². The molecule has 1 N–H and O–H groups in total. The summed E-state index contributed by atoms with van der Waals surface area (Å²) in [5, 5.41) is 3.52. The fourth-order valence-corrected chi connectivity index (χ4v) is 2.58. The van der Waals surface area contributed by atoms with Crippen LogP contribution in [0, 0.1) is 5.92 Å². The number of allylic oxidation sites excluding steroid dienone is 3. The Labute approximate surface area is 175 Å². The highest BCUT2D eigenvalue weighted by Crippen LogP contribution is 2.21. The summed E-state index contributed by atoms with van der Waals surface area (Å²) in [5.41, 5.74) is 5.71. The van der Waals surface area contributed by atoms with Crippen LogP contribution in [0.3, 0.4) is 0 Å². The van der Waals surface area contributed by atoms with Gasteiger partial charge in [-0.2, -0.15) is 0 Å². The quantitative estimate of drug-likeness (QED) is 0.580.